The molecule has 1 aliphatic heterocycles. The predicted octanol–water partition coefficient (Wildman–Crippen LogP) is 0.982. The van der Waals surface area contributed by atoms with Crippen molar-refractivity contribution < 1.29 is 14.0 Å². The summed E-state index contributed by atoms with van der Waals surface area (Å²) in [6.45, 7) is 0.691. The fraction of sp³-hybridized carbons (Fsp3) is 0.200. The monoisotopic (exact) mass is 394 g/mol. The van der Waals surface area contributed by atoms with Gasteiger partial charge in [-0.3, -0.25) is 14.6 Å². The molecule has 148 valence electrons. The van der Waals surface area contributed by atoms with Crippen LogP contribution in [-0.2, 0) is 16.1 Å². The molecule has 0 unspecified atom stereocenters. The summed E-state index contributed by atoms with van der Waals surface area (Å²) in [4.78, 5) is 35.8. The Balaban J connectivity index is 1.58. The van der Waals surface area contributed by atoms with Crippen LogP contribution < -0.4 is 16.0 Å². The first-order valence-corrected chi connectivity index (χ1v) is 9.14. The molecule has 4 rings (SSSR count). The maximum Gasteiger partial charge on any atom is 0.244 e. The van der Waals surface area contributed by atoms with Gasteiger partial charge in [0.25, 0.3) is 0 Å². The van der Waals surface area contributed by atoms with Gasteiger partial charge in [0.05, 0.1) is 30.2 Å². The highest BCUT2D eigenvalue weighted by Gasteiger charge is 2.24. The van der Waals surface area contributed by atoms with Gasteiger partial charge in [-0.1, -0.05) is 18.2 Å². The molecule has 0 saturated carbocycles. The van der Waals surface area contributed by atoms with Gasteiger partial charge in [-0.25, -0.2) is 9.37 Å². The molecule has 3 heterocycles. The van der Waals surface area contributed by atoms with Gasteiger partial charge >= 0.3 is 0 Å². The van der Waals surface area contributed by atoms with E-state index < -0.39 is 6.04 Å². The summed E-state index contributed by atoms with van der Waals surface area (Å²) in [5.74, 6) is -0.407. The van der Waals surface area contributed by atoms with Gasteiger partial charge < -0.3 is 20.9 Å². The number of rotatable bonds is 5. The molecule has 1 fully saturated rings. The summed E-state index contributed by atoms with van der Waals surface area (Å²) in [6, 6.07) is 11.0. The average molecular weight is 394 g/mol. The van der Waals surface area contributed by atoms with Crippen LogP contribution in [0, 0.1) is 5.82 Å². The van der Waals surface area contributed by atoms with Crippen molar-refractivity contribution >= 4 is 11.8 Å². The topological polar surface area (TPSA) is 112 Å². The lowest BCUT2D eigenvalue weighted by atomic mass is 10.1. The second-order valence-electron chi connectivity index (χ2n) is 6.60. The Hall–Kier alpha value is -3.59. The minimum absolute atomic E-state index is 0.125. The van der Waals surface area contributed by atoms with Gasteiger partial charge in [-0.05, 0) is 24.3 Å². The predicted molar refractivity (Wildman–Crippen MR) is 104 cm³/mol. The summed E-state index contributed by atoms with van der Waals surface area (Å²) >= 11 is 0. The molecule has 9 heteroatoms. The van der Waals surface area contributed by atoms with Crippen LogP contribution in [0.1, 0.15) is 5.82 Å². The summed E-state index contributed by atoms with van der Waals surface area (Å²) in [6.07, 6.45) is 1.66. The molecule has 1 aliphatic rings. The number of benzene rings is 1. The number of hydrogen-bond acceptors (Lipinski definition) is 5. The van der Waals surface area contributed by atoms with E-state index in [0.29, 0.717) is 35.0 Å². The van der Waals surface area contributed by atoms with Crippen LogP contribution in [0.25, 0.3) is 22.6 Å². The van der Waals surface area contributed by atoms with Crippen molar-refractivity contribution in [1.29, 1.82) is 0 Å². The zero-order valence-electron chi connectivity index (χ0n) is 15.4. The minimum Gasteiger partial charge on any atom is -0.347 e. The Morgan fingerprint density at radius 2 is 2.14 bits per heavy atom. The number of carbonyl (C=O) groups is 2. The number of halogens is 1. The van der Waals surface area contributed by atoms with Gasteiger partial charge in [0.2, 0.25) is 11.8 Å². The van der Waals surface area contributed by atoms with Crippen molar-refractivity contribution in [2.24, 2.45) is 0 Å². The van der Waals surface area contributed by atoms with Crippen LogP contribution in [0.5, 0.6) is 0 Å². The number of aromatic nitrogens is 3. The van der Waals surface area contributed by atoms with Crippen molar-refractivity contribution in [3.05, 3.63) is 60.3 Å². The largest absolute Gasteiger partial charge is 0.347 e. The van der Waals surface area contributed by atoms with E-state index in [4.69, 9.17) is 0 Å². The van der Waals surface area contributed by atoms with E-state index in [0.717, 1.165) is 0 Å². The normalized spacial score (nSPS) is 16.3. The van der Waals surface area contributed by atoms with Crippen molar-refractivity contribution in [2.75, 3.05) is 13.1 Å². The SMILES string of the molecule is O=C1CNC[C@H](C(=O)NCc2nc(-c3cccc(F)c3)c(-c3ccccn3)[nH]2)N1. The van der Waals surface area contributed by atoms with Crippen LogP contribution in [0.3, 0.4) is 0 Å². The lowest BCUT2D eigenvalue weighted by molar-refractivity contribution is -0.130. The maximum absolute atomic E-state index is 13.7. The molecule has 8 nitrogen and oxygen atoms in total. The van der Waals surface area contributed by atoms with E-state index >= 15 is 0 Å². The Labute approximate surface area is 166 Å². The number of nitrogens with one attached hydrogen (secondary N) is 4. The van der Waals surface area contributed by atoms with E-state index in [1.54, 1.807) is 24.4 Å². The van der Waals surface area contributed by atoms with E-state index in [2.05, 4.69) is 30.9 Å². The van der Waals surface area contributed by atoms with Gasteiger partial charge in [0.1, 0.15) is 17.7 Å². The van der Waals surface area contributed by atoms with Crippen LogP contribution in [0.15, 0.2) is 48.7 Å². The lowest BCUT2D eigenvalue weighted by Crippen LogP contribution is -2.58. The van der Waals surface area contributed by atoms with Crippen molar-refractivity contribution in [1.82, 2.24) is 30.9 Å². The number of amides is 2. The minimum atomic E-state index is -0.635. The highest BCUT2D eigenvalue weighted by molar-refractivity contribution is 5.89. The third-order valence-electron chi connectivity index (χ3n) is 4.49. The molecule has 0 spiro atoms. The standard InChI is InChI=1S/C20H19FN6O2/c21-13-5-3-4-12(8-13)18-19(14-6-1-2-7-23-14)27-16(26-18)10-24-20(29)15-9-22-11-17(28)25-15/h1-8,15,22H,9-11H2,(H,24,29)(H,25,28)(H,26,27)/t15-/m1/s1. The Bertz CT molecular complexity index is 1040. The summed E-state index contributed by atoms with van der Waals surface area (Å²) in [5.41, 5.74) is 2.43. The smallest absolute Gasteiger partial charge is 0.244 e. The van der Waals surface area contributed by atoms with E-state index in [1.807, 2.05) is 12.1 Å². The number of aromatic amines is 1. The van der Waals surface area contributed by atoms with Gasteiger partial charge in [0.15, 0.2) is 0 Å². The second kappa shape index (κ2) is 8.19. The van der Waals surface area contributed by atoms with Crippen LogP contribution in [0.4, 0.5) is 4.39 Å². The molecular formula is C20H19FN6O2. The number of carbonyl (C=O) groups excluding carboxylic acids is 2. The first-order chi connectivity index (χ1) is 14.1. The molecule has 1 atom stereocenters. The molecule has 1 saturated heterocycles. The molecule has 2 amide bonds. The average Bonchev–Trinajstić information content (AvgIpc) is 3.17. The Morgan fingerprint density at radius 1 is 1.24 bits per heavy atom. The second-order valence-corrected chi connectivity index (χ2v) is 6.60. The summed E-state index contributed by atoms with van der Waals surface area (Å²) in [5, 5.41) is 8.28. The van der Waals surface area contributed by atoms with E-state index in [-0.39, 0.29) is 30.7 Å². The third-order valence-corrected chi connectivity index (χ3v) is 4.49. The Morgan fingerprint density at radius 3 is 2.90 bits per heavy atom. The first kappa shape index (κ1) is 18.8. The Kier molecular flexibility index (Phi) is 5.30. The molecule has 0 aliphatic carbocycles. The molecule has 0 bridgehead atoms. The highest BCUT2D eigenvalue weighted by Crippen LogP contribution is 2.29. The first-order valence-electron chi connectivity index (χ1n) is 9.14. The van der Waals surface area contributed by atoms with Gasteiger partial charge in [-0.2, -0.15) is 0 Å². The number of H-pyrrole nitrogens is 1. The number of nitrogens with zero attached hydrogens (tertiary/aromatic N) is 2. The van der Waals surface area contributed by atoms with Crippen LogP contribution in [-0.4, -0.2) is 45.9 Å². The lowest BCUT2D eigenvalue weighted by Gasteiger charge is -2.23. The molecule has 1 aromatic carbocycles. The van der Waals surface area contributed by atoms with Gasteiger partial charge in [-0.15, -0.1) is 0 Å². The van der Waals surface area contributed by atoms with E-state index in [9.17, 15) is 14.0 Å². The molecular weight excluding hydrogens is 375 g/mol. The van der Waals surface area contributed by atoms with Crippen molar-refractivity contribution in [3.8, 4) is 22.6 Å². The van der Waals surface area contributed by atoms with Crippen LogP contribution in [0.2, 0.25) is 0 Å². The van der Waals surface area contributed by atoms with Crippen molar-refractivity contribution in [3.63, 3.8) is 0 Å². The highest BCUT2D eigenvalue weighted by atomic mass is 19.1. The van der Waals surface area contributed by atoms with Crippen molar-refractivity contribution in [2.45, 2.75) is 12.6 Å². The molecule has 0 radical (unpaired) electrons. The molecule has 3 aromatic rings. The number of pyridine rings is 1. The summed E-state index contributed by atoms with van der Waals surface area (Å²) < 4.78 is 13.7. The fourth-order valence-corrected chi connectivity index (χ4v) is 3.13. The number of imidazole rings is 1. The van der Waals surface area contributed by atoms with Crippen LogP contribution >= 0.6 is 0 Å². The zero-order valence-corrected chi connectivity index (χ0v) is 15.4. The molecule has 29 heavy (non-hydrogen) atoms. The molecule has 2 aromatic heterocycles. The number of hydrogen-bond donors (Lipinski definition) is 4. The number of piperazine rings is 1. The fourth-order valence-electron chi connectivity index (χ4n) is 3.13. The van der Waals surface area contributed by atoms with Gasteiger partial charge in [0, 0.05) is 18.3 Å². The quantitative estimate of drug-likeness (QED) is 0.516. The maximum atomic E-state index is 13.7. The molecule has 4 N–H and O–H groups in total. The zero-order chi connectivity index (χ0) is 20.2. The van der Waals surface area contributed by atoms with E-state index in [1.165, 1.54) is 12.1 Å². The third kappa shape index (κ3) is 4.30. The summed E-state index contributed by atoms with van der Waals surface area (Å²) in [7, 11) is 0.